The lowest BCUT2D eigenvalue weighted by Crippen LogP contribution is -2.21. The highest BCUT2D eigenvalue weighted by atomic mass is 79.9. The van der Waals surface area contributed by atoms with Gasteiger partial charge in [0, 0.05) is 9.35 Å². The minimum absolute atomic E-state index is 0.108. The monoisotopic (exact) mass is 432 g/mol. The summed E-state index contributed by atoms with van der Waals surface area (Å²) < 4.78 is 5.98. The molecule has 0 fully saturated rings. The molecule has 1 aromatic carbocycles. The molecule has 0 aliphatic heterocycles. The molecule has 134 valence electrons. The zero-order valence-electron chi connectivity index (χ0n) is 14.0. The van der Waals surface area contributed by atoms with Gasteiger partial charge in [0.2, 0.25) is 0 Å². The number of hydrogen-bond donors (Lipinski definition) is 1. The number of nitriles is 1. The number of rotatable bonds is 5. The average molecular weight is 433 g/mol. The summed E-state index contributed by atoms with van der Waals surface area (Å²) >= 11 is 4.79. The van der Waals surface area contributed by atoms with Gasteiger partial charge in [0.1, 0.15) is 11.1 Å². The van der Waals surface area contributed by atoms with Crippen molar-refractivity contribution >= 4 is 44.1 Å². The normalized spacial score (nSPS) is 12.8. The molecule has 7 heteroatoms. The Hall–Kier alpha value is -2.17. The SMILES string of the molecule is N#Cc1c(NC(=O)COC(=O)Cc2ccc(Br)cc2)sc2c1CCCC2. The summed E-state index contributed by atoms with van der Waals surface area (Å²) in [4.78, 5) is 25.1. The predicted octanol–water partition coefficient (Wildman–Crippen LogP) is 3.99. The molecule has 2 aromatic rings. The maximum atomic E-state index is 12.1. The zero-order valence-corrected chi connectivity index (χ0v) is 16.4. The summed E-state index contributed by atoms with van der Waals surface area (Å²) in [5.41, 5.74) is 2.43. The molecule has 1 aliphatic carbocycles. The second-order valence-electron chi connectivity index (χ2n) is 6.04. The van der Waals surface area contributed by atoms with Crippen molar-refractivity contribution in [3.63, 3.8) is 0 Å². The predicted molar refractivity (Wildman–Crippen MR) is 103 cm³/mol. The highest BCUT2D eigenvalue weighted by molar-refractivity contribution is 9.10. The lowest BCUT2D eigenvalue weighted by atomic mass is 9.96. The van der Waals surface area contributed by atoms with Gasteiger partial charge in [-0.15, -0.1) is 11.3 Å². The molecule has 0 radical (unpaired) electrons. The summed E-state index contributed by atoms with van der Waals surface area (Å²) in [7, 11) is 0. The number of hydrogen-bond acceptors (Lipinski definition) is 5. The van der Waals surface area contributed by atoms with Crippen LogP contribution in [0.4, 0.5) is 5.00 Å². The molecule has 1 aromatic heterocycles. The molecule has 1 amide bonds. The van der Waals surface area contributed by atoms with E-state index in [1.54, 1.807) is 0 Å². The zero-order chi connectivity index (χ0) is 18.5. The molecule has 0 bridgehead atoms. The molecule has 1 aliphatic rings. The number of amides is 1. The summed E-state index contributed by atoms with van der Waals surface area (Å²) in [6.07, 6.45) is 4.12. The summed E-state index contributed by atoms with van der Waals surface area (Å²) in [5, 5.41) is 12.7. The van der Waals surface area contributed by atoms with Gasteiger partial charge >= 0.3 is 5.97 Å². The Morgan fingerprint density at radius 1 is 1.23 bits per heavy atom. The third kappa shape index (κ3) is 4.51. The fourth-order valence-electron chi connectivity index (χ4n) is 2.90. The number of benzene rings is 1. The van der Waals surface area contributed by atoms with Crippen LogP contribution in [0.5, 0.6) is 0 Å². The van der Waals surface area contributed by atoms with Crippen molar-refractivity contribution in [2.75, 3.05) is 11.9 Å². The van der Waals surface area contributed by atoms with Gasteiger partial charge in [0.15, 0.2) is 6.61 Å². The Labute approximate surface area is 164 Å². The van der Waals surface area contributed by atoms with Crippen molar-refractivity contribution in [2.45, 2.75) is 32.1 Å². The number of fused-ring (bicyclic) bond motifs is 1. The molecule has 0 saturated heterocycles. The lowest BCUT2D eigenvalue weighted by Gasteiger charge is -2.09. The van der Waals surface area contributed by atoms with E-state index in [2.05, 4.69) is 27.3 Å². The van der Waals surface area contributed by atoms with E-state index >= 15 is 0 Å². The van der Waals surface area contributed by atoms with Crippen LogP contribution in [0.15, 0.2) is 28.7 Å². The Morgan fingerprint density at radius 2 is 1.96 bits per heavy atom. The Bertz CT molecular complexity index is 868. The van der Waals surface area contributed by atoms with Crippen LogP contribution in [-0.2, 0) is 33.6 Å². The van der Waals surface area contributed by atoms with Crippen LogP contribution in [0.3, 0.4) is 0 Å². The lowest BCUT2D eigenvalue weighted by molar-refractivity contribution is -0.146. The van der Waals surface area contributed by atoms with Crippen molar-refractivity contribution in [2.24, 2.45) is 0 Å². The first-order valence-corrected chi connectivity index (χ1v) is 9.92. The number of thiophene rings is 1. The quantitative estimate of drug-likeness (QED) is 0.724. The first-order chi connectivity index (χ1) is 12.6. The van der Waals surface area contributed by atoms with Gasteiger partial charge in [-0.25, -0.2) is 0 Å². The van der Waals surface area contributed by atoms with E-state index in [1.165, 1.54) is 16.2 Å². The van der Waals surface area contributed by atoms with Crippen LogP contribution in [-0.4, -0.2) is 18.5 Å². The minimum atomic E-state index is -0.464. The van der Waals surface area contributed by atoms with Crippen LogP contribution in [0, 0.1) is 11.3 Å². The molecule has 5 nitrogen and oxygen atoms in total. The molecule has 26 heavy (non-hydrogen) atoms. The van der Waals surface area contributed by atoms with Gasteiger partial charge in [-0.05, 0) is 48.9 Å². The smallest absolute Gasteiger partial charge is 0.310 e. The van der Waals surface area contributed by atoms with Crippen molar-refractivity contribution in [1.82, 2.24) is 0 Å². The summed E-state index contributed by atoms with van der Waals surface area (Å²) in [6.45, 7) is -0.358. The highest BCUT2D eigenvalue weighted by Crippen LogP contribution is 2.37. The first kappa shape index (κ1) is 18.6. The van der Waals surface area contributed by atoms with Gasteiger partial charge in [-0.1, -0.05) is 28.1 Å². The second kappa shape index (κ2) is 8.47. The van der Waals surface area contributed by atoms with E-state index in [9.17, 15) is 14.9 Å². The van der Waals surface area contributed by atoms with Crippen molar-refractivity contribution in [3.05, 3.63) is 50.3 Å². The molecule has 0 spiro atoms. The Morgan fingerprint density at radius 3 is 2.69 bits per heavy atom. The Kier molecular flexibility index (Phi) is 6.07. The van der Waals surface area contributed by atoms with Gasteiger partial charge in [-0.2, -0.15) is 5.26 Å². The Balaban J connectivity index is 1.54. The topological polar surface area (TPSA) is 79.2 Å². The van der Waals surface area contributed by atoms with Crippen LogP contribution in [0.1, 0.15) is 34.4 Å². The van der Waals surface area contributed by atoms with E-state index in [4.69, 9.17) is 4.74 Å². The fourth-order valence-corrected chi connectivity index (χ4v) is 4.42. The molecule has 0 atom stereocenters. The standard InChI is InChI=1S/C19H17BrN2O3S/c20-13-7-5-12(6-8-13)9-18(24)25-11-17(23)22-19-15(10-21)14-3-1-2-4-16(14)26-19/h5-8H,1-4,9,11H2,(H,22,23). The number of aryl methyl sites for hydroxylation is 1. The van der Waals surface area contributed by atoms with Crippen molar-refractivity contribution in [1.29, 1.82) is 5.26 Å². The van der Waals surface area contributed by atoms with Gasteiger partial charge in [-0.3, -0.25) is 9.59 Å². The molecule has 1 heterocycles. The van der Waals surface area contributed by atoms with Gasteiger partial charge < -0.3 is 10.1 Å². The summed E-state index contributed by atoms with van der Waals surface area (Å²) in [6, 6.07) is 9.52. The molecule has 1 N–H and O–H groups in total. The van der Waals surface area contributed by atoms with Gasteiger partial charge in [0.25, 0.3) is 5.91 Å². The van der Waals surface area contributed by atoms with Crippen molar-refractivity contribution in [3.8, 4) is 6.07 Å². The summed E-state index contributed by atoms with van der Waals surface area (Å²) in [5.74, 6) is -0.891. The largest absolute Gasteiger partial charge is 0.455 e. The average Bonchev–Trinajstić information content (AvgIpc) is 2.99. The number of esters is 1. The van der Waals surface area contributed by atoms with E-state index in [1.807, 2.05) is 24.3 Å². The highest BCUT2D eigenvalue weighted by Gasteiger charge is 2.22. The molecule has 0 unspecified atom stereocenters. The number of carbonyl (C=O) groups excluding carboxylic acids is 2. The molecule has 3 rings (SSSR count). The number of ether oxygens (including phenoxy) is 1. The van der Waals surface area contributed by atoms with E-state index in [0.717, 1.165) is 41.3 Å². The van der Waals surface area contributed by atoms with Gasteiger partial charge in [0.05, 0.1) is 12.0 Å². The number of carbonyl (C=O) groups is 2. The van der Waals surface area contributed by atoms with Crippen LogP contribution in [0.2, 0.25) is 0 Å². The molecular formula is C19H17BrN2O3S. The van der Waals surface area contributed by atoms with Crippen LogP contribution < -0.4 is 5.32 Å². The van der Waals surface area contributed by atoms with E-state index in [0.29, 0.717) is 10.6 Å². The number of nitrogens with zero attached hydrogens (tertiary/aromatic N) is 1. The van der Waals surface area contributed by atoms with Crippen LogP contribution in [0.25, 0.3) is 0 Å². The second-order valence-corrected chi connectivity index (χ2v) is 8.06. The molecular weight excluding hydrogens is 416 g/mol. The molecule has 0 saturated carbocycles. The third-order valence-corrected chi connectivity index (χ3v) is 5.90. The van der Waals surface area contributed by atoms with E-state index < -0.39 is 11.9 Å². The number of halogens is 1. The van der Waals surface area contributed by atoms with Crippen LogP contribution >= 0.6 is 27.3 Å². The maximum absolute atomic E-state index is 12.1. The van der Waals surface area contributed by atoms with E-state index in [-0.39, 0.29) is 13.0 Å². The fraction of sp³-hybridized carbons (Fsp3) is 0.316. The third-order valence-electron chi connectivity index (χ3n) is 4.16. The number of anilines is 1. The maximum Gasteiger partial charge on any atom is 0.310 e. The minimum Gasteiger partial charge on any atom is -0.455 e. The first-order valence-electron chi connectivity index (χ1n) is 8.31. The number of nitrogens with one attached hydrogen (secondary N) is 1. The van der Waals surface area contributed by atoms with Crippen molar-refractivity contribution < 1.29 is 14.3 Å².